The largest absolute Gasteiger partial charge is 0.493 e. The van der Waals surface area contributed by atoms with E-state index in [1.165, 1.54) is 7.11 Å². The van der Waals surface area contributed by atoms with Crippen molar-refractivity contribution in [3.8, 4) is 17.6 Å². The van der Waals surface area contributed by atoms with Crippen LogP contribution in [0, 0.1) is 11.3 Å². The number of carbonyl (C=O) groups excluding carboxylic acids is 1. The van der Waals surface area contributed by atoms with Crippen molar-refractivity contribution in [1.82, 2.24) is 0 Å². The van der Waals surface area contributed by atoms with Gasteiger partial charge in [0.05, 0.1) is 21.3 Å². The summed E-state index contributed by atoms with van der Waals surface area (Å²) in [5.41, 5.74) is 2.39. The average molecular weight is 301 g/mol. The van der Waals surface area contributed by atoms with Gasteiger partial charge in [0.2, 0.25) is 0 Å². The molecule has 0 amide bonds. The topological polar surface area (TPSA) is 68.6 Å². The van der Waals surface area contributed by atoms with Crippen molar-refractivity contribution in [2.45, 2.75) is 25.7 Å². The minimum absolute atomic E-state index is 0.0431. The predicted molar refractivity (Wildman–Crippen MR) is 81.7 cm³/mol. The average Bonchev–Trinajstić information content (AvgIpc) is 2.77. The summed E-state index contributed by atoms with van der Waals surface area (Å²) in [7, 11) is 4.41. The highest BCUT2D eigenvalue weighted by atomic mass is 16.5. The van der Waals surface area contributed by atoms with Crippen LogP contribution in [-0.2, 0) is 14.9 Å². The number of ether oxygens (including phenoxy) is 3. The van der Waals surface area contributed by atoms with Crippen molar-refractivity contribution in [1.29, 1.82) is 5.26 Å². The van der Waals surface area contributed by atoms with Gasteiger partial charge in [-0.25, -0.2) is 4.79 Å². The van der Waals surface area contributed by atoms with E-state index in [0.29, 0.717) is 23.5 Å². The van der Waals surface area contributed by atoms with E-state index in [1.54, 1.807) is 14.2 Å². The van der Waals surface area contributed by atoms with Gasteiger partial charge in [-0.3, -0.25) is 0 Å². The van der Waals surface area contributed by atoms with Gasteiger partial charge in [0.1, 0.15) is 11.6 Å². The first-order valence-electron chi connectivity index (χ1n) is 6.88. The minimum atomic E-state index is -0.615. The predicted octanol–water partition coefficient (Wildman–Crippen LogP) is 2.84. The van der Waals surface area contributed by atoms with Gasteiger partial charge in [-0.1, -0.05) is 13.8 Å². The van der Waals surface area contributed by atoms with E-state index in [9.17, 15) is 10.1 Å². The molecule has 2 rings (SSSR count). The number of hydrogen-bond donors (Lipinski definition) is 0. The van der Waals surface area contributed by atoms with Crippen molar-refractivity contribution < 1.29 is 19.0 Å². The van der Waals surface area contributed by atoms with Crippen molar-refractivity contribution in [3.63, 3.8) is 0 Å². The molecule has 22 heavy (non-hydrogen) atoms. The second kappa shape index (κ2) is 5.72. The fourth-order valence-corrected chi connectivity index (χ4v) is 2.88. The number of esters is 1. The van der Waals surface area contributed by atoms with E-state index in [4.69, 9.17) is 14.2 Å². The molecule has 1 aromatic rings. The first kappa shape index (κ1) is 15.9. The molecule has 5 heteroatoms. The van der Waals surface area contributed by atoms with Gasteiger partial charge in [-0.05, 0) is 40.7 Å². The number of fused-ring (bicyclic) bond motifs is 1. The zero-order valence-corrected chi connectivity index (χ0v) is 13.4. The van der Waals surface area contributed by atoms with E-state index < -0.39 is 5.97 Å². The molecule has 0 fully saturated rings. The summed E-state index contributed by atoms with van der Waals surface area (Å²) in [6.07, 6.45) is 0.580. The molecule has 0 N–H and O–H groups in total. The van der Waals surface area contributed by atoms with Gasteiger partial charge in [0.25, 0.3) is 0 Å². The molecule has 0 bridgehead atoms. The lowest BCUT2D eigenvalue weighted by molar-refractivity contribution is -0.135. The highest BCUT2D eigenvalue weighted by molar-refractivity contribution is 6.03. The lowest BCUT2D eigenvalue weighted by Crippen LogP contribution is -2.12. The fraction of sp³-hybridized carbons (Fsp3) is 0.412. The number of carbonyl (C=O) groups is 1. The van der Waals surface area contributed by atoms with E-state index >= 15 is 0 Å². The third kappa shape index (κ3) is 2.41. The summed E-state index contributed by atoms with van der Waals surface area (Å²) in [5, 5.41) is 9.35. The zero-order chi connectivity index (χ0) is 16.5. The number of hydrogen-bond acceptors (Lipinski definition) is 5. The molecule has 116 valence electrons. The zero-order valence-electron chi connectivity index (χ0n) is 13.4. The van der Waals surface area contributed by atoms with E-state index in [-0.39, 0.29) is 11.0 Å². The standard InChI is InChI=1S/C17H19NO4/c1-17(2)8-11(12(9-18)16(19)22-5)10-6-14(20-3)15(21-4)7-13(10)17/h6-7H,8H2,1-5H3/b12-11+. The molecule has 1 aromatic carbocycles. The van der Waals surface area contributed by atoms with E-state index in [1.807, 2.05) is 18.2 Å². The Morgan fingerprint density at radius 3 is 2.27 bits per heavy atom. The summed E-state index contributed by atoms with van der Waals surface area (Å²) in [6, 6.07) is 5.70. The van der Waals surface area contributed by atoms with Crippen LogP contribution in [0.3, 0.4) is 0 Å². The Labute approximate surface area is 130 Å². The maximum Gasteiger partial charge on any atom is 0.348 e. The number of nitriles is 1. The molecule has 0 unspecified atom stereocenters. The van der Waals surface area contributed by atoms with Crippen molar-refractivity contribution in [2.75, 3.05) is 21.3 Å². The first-order valence-corrected chi connectivity index (χ1v) is 6.88. The molecule has 0 aromatic heterocycles. The normalized spacial score (nSPS) is 17.3. The van der Waals surface area contributed by atoms with E-state index in [2.05, 4.69) is 13.8 Å². The van der Waals surface area contributed by atoms with Crippen LogP contribution in [0.15, 0.2) is 17.7 Å². The van der Waals surface area contributed by atoms with Gasteiger partial charge in [-0.2, -0.15) is 5.26 Å². The highest BCUT2D eigenvalue weighted by Crippen LogP contribution is 2.50. The number of rotatable bonds is 3. The number of methoxy groups -OCH3 is 3. The Kier molecular flexibility index (Phi) is 4.14. The third-order valence-electron chi connectivity index (χ3n) is 4.00. The minimum Gasteiger partial charge on any atom is -0.493 e. The number of allylic oxidation sites excluding steroid dienone is 1. The van der Waals surface area contributed by atoms with Crippen LogP contribution in [0.25, 0.3) is 5.57 Å². The van der Waals surface area contributed by atoms with Gasteiger partial charge >= 0.3 is 5.97 Å². The molecule has 0 spiro atoms. The van der Waals surface area contributed by atoms with Gasteiger partial charge < -0.3 is 14.2 Å². The van der Waals surface area contributed by atoms with E-state index in [0.717, 1.165) is 11.1 Å². The van der Waals surface area contributed by atoms with Crippen molar-refractivity contribution >= 4 is 11.5 Å². The summed E-state index contributed by atoms with van der Waals surface area (Å²) < 4.78 is 15.4. The molecule has 5 nitrogen and oxygen atoms in total. The lowest BCUT2D eigenvalue weighted by Gasteiger charge is -2.19. The summed E-state index contributed by atoms with van der Waals surface area (Å²) in [4.78, 5) is 11.9. The fourth-order valence-electron chi connectivity index (χ4n) is 2.88. The van der Waals surface area contributed by atoms with Crippen LogP contribution >= 0.6 is 0 Å². The quantitative estimate of drug-likeness (QED) is 0.488. The Bertz CT molecular complexity index is 695. The molecule has 0 radical (unpaired) electrons. The summed E-state index contributed by atoms with van der Waals surface area (Å²) >= 11 is 0. The maximum atomic E-state index is 11.9. The molecule has 0 atom stereocenters. The SMILES string of the molecule is COC(=O)/C(C#N)=C1\CC(C)(C)c2cc(OC)c(OC)cc21. The van der Waals surface area contributed by atoms with Crippen LogP contribution in [0.5, 0.6) is 11.5 Å². The Morgan fingerprint density at radius 1 is 1.18 bits per heavy atom. The van der Waals surface area contributed by atoms with Gasteiger partial charge in [0.15, 0.2) is 11.5 Å². The van der Waals surface area contributed by atoms with Crippen molar-refractivity contribution in [2.24, 2.45) is 0 Å². The first-order chi connectivity index (χ1) is 10.4. The molecule has 0 saturated heterocycles. The molecule has 0 saturated carbocycles. The van der Waals surface area contributed by atoms with Crippen LogP contribution in [-0.4, -0.2) is 27.3 Å². The summed E-state index contributed by atoms with van der Waals surface area (Å²) in [6.45, 7) is 4.13. The number of benzene rings is 1. The molecule has 1 aliphatic rings. The maximum absolute atomic E-state index is 11.9. The number of nitrogens with zero attached hydrogens (tertiary/aromatic N) is 1. The smallest absolute Gasteiger partial charge is 0.348 e. The van der Waals surface area contributed by atoms with Crippen molar-refractivity contribution in [3.05, 3.63) is 28.8 Å². The van der Waals surface area contributed by atoms with Gasteiger partial charge in [-0.15, -0.1) is 0 Å². The Morgan fingerprint density at radius 2 is 1.77 bits per heavy atom. The molecular formula is C17H19NO4. The lowest BCUT2D eigenvalue weighted by atomic mass is 9.86. The molecular weight excluding hydrogens is 282 g/mol. The van der Waals surface area contributed by atoms with Crippen LogP contribution in [0.1, 0.15) is 31.4 Å². The monoisotopic (exact) mass is 301 g/mol. The molecule has 0 aliphatic heterocycles. The Balaban J connectivity index is 2.76. The molecule has 0 heterocycles. The van der Waals surface area contributed by atoms with Crippen LogP contribution < -0.4 is 9.47 Å². The van der Waals surface area contributed by atoms with Crippen LogP contribution in [0.4, 0.5) is 0 Å². The second-order valence-electron chi connectivity index (χ2n) is 5.77. The highest BCUT2D eigenvalue weighted by Gasteiger charge is 2.37. The van der Waals surface area contributed by atoms with Gasteiger partial charge in [0, 0.05) is 0 Å². The Hall–Kier alpha value is -2.48. The molecule has 1 aliphatic carbocycles. The third-order valence-corrected chi connectivity index (χ3v) is 4.00. The second-order valence-corrected chi connectivity index (χ2v) is 5.77. The summed E-state index contributed by atoms with van der Waals surface area (Å²) in [5.74, 6) is 0.585. The van der Waals surface area contributed by atoms with Crippen LogP contribution in [0.2, 0.25) is 0 Å².